The number of carbonyl (C=O) groups is 2. The zero-order valence-electron chi connectivity index (χ0n) is 28.4. The predicted molar refractivity (Wildman–Crippen MR) is 194 cm³/mol. The van der Waals surface area contributed by atoms with E-state index in [9.17, 15) is 9.59 Å². The van der Waals surface area contributed by atoms with Crippen LogP contribution in [0.25, 0.3) is 44.3 Å². The number of methoxy groups -OCH3 is 4. The number of unbranched alkanes of at least 4 members (excludes halogenated alkanes) is 1. The van der Waals surface area contributed by atoms with Crippen LogP contribution in [-0.2, 0) is 0 Å². The molecule has 2 amide bonds. The maximum absolute atomic E-state index is 13.5. The first kappa shape index (κ1) is 33.7. The molecule has 0 fully saturated rings. The lowest BCUT2D eigenvalue weighted by Gasteiger charge is -2.13. The number of nitrogens with one attached hydrogen (secondary N) is 2. The Morgan fingerprint density at radius 2 is 0.920 bits per heavy atom. The number of nitrogens with zero attached hydrogens (tertiary/aromatic N) is 2. The van der Waals surface area contributed by atoms with Crippen LogP contribution in [0, 0.1) is 0 Å². The number of aromatic nitrogens is 2. The molecule has 10 heteroatoms. The number of hydrogen-bond acceptors (Lipinski definition) is 8. The van der Waals surface area contributed by atoms with Gasteiger partial charge in [-0.25, -0.2) is 9.97 Å². The standard InChI is InChI=1S/C40H38N4O6/c1-47-35-17-15-25(21-37(35)49-3)33-23-29(27-11-5-7-13-31(27)43-33)39(45)41-19-9-10-20-42-40(46)30-24-34(44-32-14-8-6-12-28(30)32)26-16-18-36(48-2)38(22-26)50-4/h5-8,11-18,21-24H,9-10,19-20H2,1-4H3,(H,41,45)(H,42,46). The van der Waals surface area contributed by atoms with Gasteiger partial charge < -0.3 is 29.6 Å². The van der Waals surface area contributed by atoms with Gasteiger partial charge in [-0.2, -0.15) is 0 Å². The summed E-state index contributed by atoms with van der Waals surface area (Å²) in [6, 6.07) is 29.9. The van der Waals surface area contributed by atoms with Gasteiger partial charge in [-0.1, -0.05) is 36.4 Å². The molecule has 2 aromatic heterocycles. The maximum atomic E-state index is 13.5. The number of rotatable bonds is 13. The van der Waals surface area contributed by atoms with Gasteiger partial charge in [0.05, 0.1) is 62.0 Å². The fourth-order valence-corrected chi connectivity index (χ4v) is 5.86. The fourth-order valence-electron chi connectivity index (χ4n) is 5.86. The number of benzene rings is 4. The van der Waals surface area contributed by atoms with Crippen molar-refractivity contribution >= 4 is 33.6 Å². The van der Waals surface area contributed by atoms with E-state index >= 15 is 0 Å². The second-order valence-corrected chi connectivity index (χ2v) is 11.5. The lowest BCUT2D eigenvalue weighted by molar-refractivity contribution is 0.0941. The average Bonchev–Trinajstić information content (AvgIpc) is 3.17. The monoisotopic (exact) mass is 670 g/mol. The summed E-state index contributed by atoms with van der Waals surface area (Å²) >= 11 is 0. The molecule has 0 spiro atoms. The number of hydrogen-bond donors (Lipinski definition) is 2. The predicted octanol–water partition coefficient (Wildman–Crippen LogP) is 7.09. The number of para-hydroxylation sites is 2. The molecule has 10 nitrogen and oxygen atoms in total. The molecule has 0 aliphatic rings. The first-order chi connectivity index (χ1) is 24.4. The molecule has 0 saturated heterocycles. The first-order valence-electron chi connectivity index (χ1n) is 16.2. The van der Waals surface area contributed by atoms with Crippen molar-refractivity contribution in [3.05, 3.63) is 108 Å². The van der Waals surface area contributed by atoms with Crippen LogP contribution >= 0.6 is 0 Å². The molecular formula is C40H38N4O6. The lowest BCUT2D eigenvalue weighted by Crippen LogP contribution is -2.27. The summed E-state index contributed by atoms with van der Waals surface area (Å²) in [4.78, 5) is 36.5. The van der Waals surface area contributed by atoms with Gasteiger partial charge in [0, 0.05) is 35.0 Å². The highest BCUT2D eigenvalue weighted by Gasteiger charge is 2.17. The summed E-state index contributed by atoms with van der Waals surface area (Å²) in [5, 5.41) is 7.62. The molecule has 0 saturated carbocycles. The largest absolute Gasteiger partial charge is 0.493 e. The van der Waals surface area contributed by atoms with Gasteiger partial charge in [0.25, 0.3) is 11.8 Å². The quantitative estimate of drug-likeness (QED) is 0.125. The van der Waals surface area contributed by atoms with E-state index in [2.05, 4.69) is 10.6 Å². The zero-order chi connectivity index (χ0) is 35.0. The third-order valence-electron chi connectivity index (χ3n) is 8.45. The van der Waals surface area contributed by atoms with Crippen molar-refractivity contribution < 1.29 is 28.5 Å². The second kappa shape index (κ2) is 15.4. The van der Waals surface area contributed by atoms with Crippen molar-refractivity contribution in [2.24, 2.45) is 0 Å². The van der Waals surface area contributed by atoms with E-state index in [0.29, 0.717) is 82.5 Å². The highest BCUT2D eigenvalue weighted by atomic mass is 16.5. The Morgan fingerprint density at radius 3 is 1.32 bits per heavy atom. The summed E-state index contributed by atoms with van der Waals surface area (Å²) in [6.07, 6.45) is 1.34. The van der Waals surface area contributed by atoms with Crippen LogP contribution in [0.15, 0.2) is 97.1 Å². The molecule has 254 valence electrons. The molecule has 50 heavy (non-hydrogen) atoms. The van der Waals surface area contributed by atoms with E-state index in [0.717, 1.165) is 21.9 Å². The third kappa shape index (κ3) is 7.14. The van der Waals surface area contributed by atoms with E-state index < -0.39 is 0 Å². The summed E-state index contributed by atoms with van der Waals surface area (Å²) in [5.41, 5.74) is 5.39. The molecule has 2 N–H and O–H groups in total. The third-order valence-corrected chi connectivity index (χ3v) is 8.45. The normalized spacial score (nSPS) is 10.9. The van der Waals surface area contributed by atoms with Crippen LogP contribution in [0.1, 0.15) is 33.6 Å². The van der Waals surface area contributed by atoms with Gasteiger partial charge >= 0.3 is 0 Å². The van der Waals surface area contributed by atoms with Crippen LogP contribution in [0.5, 0.6) is 23.0 Å². The Hall–Kier alpha value is -6.16. The maximum Gasteiger partial charge on any atom is 0.252 e. The summed E-state index contributed by atoms with van der Waals surface area (Å²) < 4.78 is 21.7. The molecule has 0 unspecified atom stereocenters. The zero-order valence-corrected chi connectivity index (χ0v) is 28.4. The van der Waals surface area contributed by atoms with Gasteiger partial charge in [0.2, 0.25) is 0 Å². The van der Waals surface area contributed by atoms with Crippen LogP contribution in [0.3, 0.4) is 0 Å². The Balaban J connectivity index is 1.10. The average molecular weight is 671 g/mol. The highest BCUT2D eigenvalue weighted by molar-refractivity contribution is 6.08. The van der Waals surface area contributed by atoms with Gasteiger partial charge in [0.1, 0.15) is 0 Å². The molecule has 0 aliphatic carbocycles. The van der Waals surface area contributed by atoms with Crippen molar-refractivity contribution in [2.45, 2.75) is 12.8 Å². The van der Waals surface area contributed by atoms with E-state index in [1.165, 1.54) is 0 Å². The molecule has 0 aliphatic heterocycles. The topological polar surface area (TPSA) is 121 Å². The van der Waals surface area contributed by atoms with E-state index in [-0.39, 0.29) is 11.8 Å². The van der Waals surface area contributed by atoms with Crippen molar-refractivity contribution in [1.82, 2.24) is 20.6 Å². The van der Waals surface area contributed by atoms with E-state index in [1.807, 2.05) is 84.9 Å². The molecule has 2 heterocycles. The molecule has 0 atom stereocenters. The molecular weight excluding hydrogens is 632 g/mol. The van der Waals surface area contributed by atoms with Crippen molar-refractivity contribution in [3.63, 3.8) is 0 Å². The molecule has 0 bridgehead atoms. The highest BCUT2D eigenvalue weighted by Crippen LogP contribution is 2.34. The SMILES string of the molecule is COc1ccc(-c2cc(C(=O)NCCCCNC(=O)c3cc(-c4ccc(OC)c(OC)c4)nc4ccccc34)c3ccccc3n2)cc1OC. The Kier molecular flexibility index (Phi) is 10.4. The Morgan fingerprint density at radius 1 is 0.520 bits per heavy atom. The van der Waals surface area contributed by atoms with E-state index in [4.69, 9.17) is 28.9 Å². The summed E-state index contributed by atoms with van der Waals surface area (Å²) in [7, 11) is 6.34. The van der Waals surface area contributed by atoms with Crippen LogP contribution in [0.4, 0.5) is 0 Å². The lowest BCUT2D eigenvalue weighted by atomic mass is 10.0. The molecule has 6 rings (SSSR count). The molecule has 6 aromatic rings. The number of carbonyl (C=O) groups excluding carboxylic acids is 2. The minimum Gasteiger partial charge on any atom is -0.493 e. The van der Waals surface area contributed by atoms with Crippen molar-refractivity contribution in [1.29, 1.82) is 0 Å². The number of amides is 2. The van der Waals surface area contributed by atoms with Crippen LogP contribution in [0.2, 0.25) is 0 Å². The van der Waals surface area contributed by atoms with Crippen molar-refractivity contribution in [3.8, 4) is 45.5 Å². The van der Waals surface area contributed by atoms with E-state index in [1.54, 1.807) is 40.6 Å². The second-order valence-electron chi connectivity index (χ2n) is 11.5. The number of fused-ring (bicyclic) bond motifs is 2. The minimum atomic E-state index is -0.194. The summed E-state index contributed by atoms with van der Waals surface area (Å²) in [6.45, 7) is 0.886. The van der Waals surface area contributed by atoms with Crippen LogP contribution < -0.4 is 29.6 Å². The van der Waals surface area contributed by atoms with Gasteiger partial charge in [0.15, 0.2) is 23.0 Å². The molecule has 4 aromatic carbocycles. The smallest absolute Gasteiger partial charge is 0.252 e. The minimum absolute atomic E-state index is 0.194. The van der Waals surface area contributed by atoms with Gasteiger partial charge in [-0.15, -0.1) is 0 Å². The Labute approximate surface area is 290 Å². The number of pyridine rings is 2. The van der Waals surface area contributed by atoms with Crippen LogP contribution in [-0.4, -0.2) is 63.3 Å². The first-order valence-corrected chi connectivity index (χ1v) is 16.2. The number of ether oxygens (including phenoxy) is 4. The van der Waals surface area contributed by atoms with Gasteiger partial charge in [-0.3, -0.25) is 9.59 Å². The summed E-state index contributed by atoms with van der Waals surface area (Å²) in [5.74, 6) is 1.99. The van der Waals surface area contributed by atoms with Gasteiger partial charge in [-0.05, 0) is 73.5 Å². The Bertz CT molecular complexity index is 2030. The molecule has 0 radical (unpaired) electrons. The van der Waals surface area contributed by atoms with Crippen molar-refractivity contribution in [2.75, 3.05) is 41.5 Å². The fraction of sp³-hybridized carbons (Fsp3) is 0.200.